The van der Waals surface area contributed by atoms with Crippen molar-refractivity contribution in [3.63, 3.8) is 0 Å². The Balaban J connectivity index is 0.00000312. The molecule has 0 aliphatic carbocycles. The lowest BCUT2D eigenvalue weighted by Gasteiger charge is -2.23. The zero-order valence-electron chi connectivity index (χ0n) is 13.9. The van der Waals surface area contributed by atoms with Crippen LogP contribution in [-0.2, 0) is 6.61 Å². The van der Waals surface area contributed by atoms with Crippen LogP contribution in [0.2, 0.25) is 0 Å². The minimum absolute atomic E-state index is 0. The first kappa shape index (κ1) is 21.3. The van der Waals surface area contributed by atoms with Crippen LogP contribution in [0.25, 0.3) is 0 Å². The summed E-state index contributed by atoms with van der Waals surface area (Å²) in [6, 6.07) is 11.1. The monoisotopic (exact) mass is 375 g/mol. The molecule has 0 radical (unpaired) electrons. The Morgan fingerprint density at radius 2 is 1.60 bits per heavy atom. The SMILES string of the molecule is Cc1cc([C@H](N)[C@H](O)C(F)(F)F)cc(C)c1OCc1ccccc1.Cl. The van der Waals surface area contributed by atoms with Crippen LogP contribution in [0.15, 0.2) is 42.5 Å². The van der Waals surface area contributed by atoms with Crippen molar-refractivity contribution in [3.8, 4) is 5.75 Å². The summed E-state index contributed by atoms with van der Waals surface area (Å²) in [6.45, 7) is 3.84. The minimum atomic E-state index is -4.76. The van der Waals surface area contributed by atoms with Crippen molar-refractivity contribution in [1.29, 1.82) is 0 Å². The van der Waals surface area contributed by atoms with Crippen LogP contribution in [0.1, 0.15) is 28.3 Å². The fourth-order valence-electron chi connectivity index (χ4n) is 2.52. The molecule has 0 heterocycles. The molecule has 0 aromatic heterocycles. The van der Waals surface area contributed by atoms with E-state index in [0.717, 1.165) is 5.56 Å². The van der Waals surface area contributed by atoms with Crippen molar-refractivity contribution in [3.05, 3.63) is 64.7 Å². The number of benzene rings is 2. The molecule has 0 bridgehead atoms. The van der Waals surface area contributed by atoms with Crippen LogP contribution < -0.4 is 10.5 Å². The summed E-state index contributed by atoms with van der Waals surface area (Å²) in [5.74, 6) is 0.608. The topological polar surface area (TPSA) is 55.5 Å². The van der Waals surface area contributed by atoms with Gasteiger partial charge in [0.05, 0.1) is 6.04 Å². The van der Waals surface area contributed by atoms with Gasteiger partial charge < -0.3 is 15.6 Å². The Hall–Kier alpha value is -1.76. The Morgan fingerprint density at radius 3 is 2.08 bits per heavy atom. The molecule has 0 aliphatic rings. The van der Waals surface area contributed by atoms with Crippen molar-refractivity contribution in [1.82, 2.24) is 0 Å². The standard InChI is InChI=1S/C18H20F3NO2.ClH/c1-11-8-14(15(22)17(23)18(19,20)21)9-12(2)16(11)24-10-13-6-4-3-5-7-13;/h3-9,15,17,23H,10,22H2,1-2H3;1H/t15-,17-;/m0./s1. The lowest BCUT2D eigenvalue weighted by atomic mass is 9.97. The first-order valence-electron chi connectivity index (χ1n) is 7.48. The Morgan fingerprint density at radius 1 is 1.08 bits per heavy atom. The van der Waals surface area contributed by atoms with Gasteiger partial charge in [-0.15, -0.1) is 12.4 Å². The van der Waals surface area contributed by atoms with Gasteiger partial charge in [0.1, 0.15) is 12.4 Å². The highest BCUT2D eigenvalue weighted by atomic mass is 35.5. The minimum Gasteiger partial charge on any atom is -0.488 e. The average molecular weight is 376 g/mol. The summed E-state index contributed by atoms with van der Waals surface area (Å²) in [4.78, 5) is 0. The van der Waals surface area contributed by atoms with E-state index in [0.29, 0.717) is 23.5 Å². The second kappa shape index (κ2) is 8.56. The molecule has 25 heavy (non-hydrogen) atoms. The van der Waals surface area contributed by atoms with Gasteiger partial charge in [-0.2, -0.15) is 13.2 Å². The van der Waals surface area contributed by atoms with Crippen LogP contribution in [0.3, 0.4) is 0 Å². The van der Waals surface area contributed by atoms with E-state index < -0.39 is 18.3 Å². The van der Waals surface area contributed by atoms with E-state index in [1.165, 1.54) is 12.1 Å². The number of hydrogen-bond donors (Lipinski definition) is 2. The normalized spacial score (nSPS) is 13.7. The molecule has 0 amide bonds. The quantitative estimate of drug-likeness (QED) is 0.822. The highest BCUT2D eigenvalue weighted by Gasteiger charge is 2.42. The molecule has 0 fully saturated rings. The van der Waals surface area contributed by atoms with Crippen LogP contribution >= 0.6 is 12.4 Å². The molecule has 0 saturated carbocycles. The van der Waals surface area contributed by atoms with E-state index in [9.17, 15) is 18.3 Å². The molecular weight excluding hydrogens is 355 g/mol. The summed E-state index contributed by atoms with van der Waals surface area (Å²) in [7, 11) is 0. The highest BCUT2D eigenvalue weighted by Crippen LogP contribution is 2.32. The van der Waals surface area contributed by atoms with E-state index in [4.69, 9.17) is 10.5 Å². The van der Waals surface area contributed by atoms with E-state index in [1.54, 1.807) is 13.8 Å². The van der Waals surface area contributed by atoms with Crippen LogP contribution in [0.5, 0.6) is 5.75 Å². The molecule has 2 rings (SSSR count). The van der Waals surface area contributed by atoms with Crippen molar-refractivity contribution < 1.29 is 23.0 Å². The number of aliphatic hydroxyl groups is 1. The van der Waals surface area contributed by atoms with Crippen molar-refractivity contribution in [2.45, 2.75) is 38.8 Å². The predicted octanol–water partition coefficient (Wildman–Crippen LogP) is 4.23. The second-order valence-electron chi connectivity index (χ2n) is 5.77. The third kappa shape index (κ3) is 5.36. The van der Waals surface area contributed by atoms with Gasteiger partial charge in [-0.3, -0.25) is 0 Å². The van der Waals surface area contributed by atoms with Crippen molar-refractivity contribution in [2.75, 3.05) is 0 Å². The summed E-state index contributed by atoms with van der Waals surface area (Å²) in [5.41, 5.74) is 8.13. The number of rotatable bonds is 5. The number of halogens is 4. The molecule has 3 nitrogen and oxygen atoms in total. The van der Waals surface area contributed by atoms with Gasteiger partial charge in [-0.25, -0.2) is 0 Å². The first-order valence-corrected chi connectivity index (χ1v) is 7.48. The summed E-state index contributed by atoms with van der Waals surface area (Å²) >= 11 is 0. The second-order valence-corrected chi connectivity index (χ2v) is 5.77. The number of alkyl halides is 3. The number of hydrogen-bond acceptors (Lipinski definition) is 3. The summed E-state index contributed by atoms with van der Waals surface area (Å²) in [6.07, 6.45) is -7.36. The van der Waals surface area contributed by atoms with E-state index >= 15 is 0 Å². The summed E-state index contributed by atoms with van der Waals surface area (Å²) in [5, 5.41) is 9.33. The Labute approximate surface area is 151 Å². The van der Waals surface area contributed by atoms with E-state index in [2.05, 4.69) is 0 Å². The molecule has 2 aromatic carbocycles. The fourth-order valence-corrected chi connectivity index (χ4v) is 2.52. The molecule has 7 heteroatoms. The van der Waals surface area contributed by atoms with Gasteiger partial charge in [0, 0.05) is 0 Å². The molecular formula is C18H21ClF3NO2. The molecule has 0 spiro atoms. The third-order valence-corrected chi connectivity index (χ3v) is 3.77. The number of aryl methyl sites for hydroxylation is 2. The third-order valence-electron chi connectivity index (χ3n) is 3.77. The fraction of sp³-hybridized carbons (Fsp3) is 0.333. The van der Waals surface area contributed by atoms with Gasteiger partial charge in [0.2, 0.25) is 0 Å². The van der Waals surface area contributed by atoms with Crippen molar-refractivity contribution >= 4 is 12.4 Å². The van der Waals surface area contributed by atoms with Gasteiger partial charge in [0.15, 0.2) is 6.10 Å². The van der Waals surface area contributed by atoms with Gasteiger partial charge >= 0.3 is 6.18 Å². The largest absolute Gasteiger partial charge is 0.488 e. The lowest BCUT2D eigenvalue weighted by Crippen LogP contribution is -2.38. The maximum Gasteiger partial charge on any atom is 0.416 e. The molecule has 3 N–H and O–H groups in total. The maximum atomic E-state index is 12.6. The van der Waals surface area contributed by atoms with Gasteiger partial charge in [-0.1, -0.05) is 42.5 Å². The summed E-state index contributed by atoms with van der Waals surface area (Å²) < 4.78 is 43.6. The number of ether oxygens (including phenoxy) is 1. The van der Waals surface area contributed by atoms with Gasteiger partial charge in [-0.05, 0) is 36.1 Å². The Kier molecular flexibility index (Phi) is 7.29. The smallest absolute Gasteiger partial charge is 0.416 e. The maximum absolute atomic E-state index is 12.6. The molecule has 138 valence electrons. The molecule has 2 aromatic rings. The van der Waals surface area contributed by atoms with E-state index in [1.807, 2.05) is 30.3 Å². The zero-order valence-corrected chi connectivity index (χ0v) is 14.7. The Bertz CT molecular complexity index is 669. The molecule has 0 saturated heterocycles. The average Bonchev–Trinajstić information content (AvgIpc) is 2.52. The highest BCUT2D eigenvalue weighted by molar-refractivity contribution is 5.85. The molecule has 0 aliphatic heterocycles. The predicted molar refractivity (Wildman–Crippen MR) is 92.9 cm³/mol. The number of aliphatic hydroxyl groups excluding tert-OH is 1. The first-order chi connectivity index (χ1) is 11.2. The van der Waals surface area contributed by atoms with Crippen molar-refractivity contribution in [2.24, 2.45) is 5.73 Å². The van der Waals surface area contributed by atoms with Crippen LogP contribution in [-0.4, -0.2) is 17.4 Å². The molecule has 2 atom stereocenters. The zero-order chi connectivity index (χ0) is 17.9. The van der Waals surface area contributed by atoms with Crippen LogP contribution in [0, 0.1) is 13.8 Å². The van der Waals surface area contributed by atoms with E-state index in [-0.39, 0.29) is 18.0 Å². The van der Waals surface area contributed by atoms with Crippen LogP contribution in [0.4, 0.5) is 13.2 Å². The van der Waals surface area contributed by atoms with Gasteiger partial charge in [0.25, 0.3) is 0 Å². The lowest BCUT2D eigenvalue weighted by molar-refractivity contribution is -0.210. The number of nitrogens with two attached hydrogens (primary N) is 1. The molecule has 0 unspecified atom stereocenters.